The molecular formula is C26H26N2O4. The standard InChI is InChI=1S/C26H26N2O4/c1-18-9-11-19(12-10-18)24-14-13-21(32-24)16-23(26(30)27-17-22-8-5-15-31-22)28-25(29)20-6-3-2-4-7-20/h2-4,6-7,9-14,16,22H,5,8,15,17H2,1H3,(H,27,30)(H,28,29)/b23-16-/t22-/m0/s1. The molecule has 0 radical (unpaired) electrons. The average Bonchev–Trinajstić information content (AvgIpc) is 3.50. The van der Waals surface area contributed by atoms with Gasteiger partial charge in [0, 0.05) is 30.4 Å². The zero-order chi connectivity index (χ0) is 22.3. The zero-order valence-electron chi connectivity index (χ0n) is 18.0. The maximum Gasteiger partial charge on any atom is 0.268 e. The summed E-state index contributed by atoms with van der Waals surface area (Å²) in [6.07, 6.45) is 3.45. The van der Waals surface area contributed by atoms with Gasteiger partial charge in [-0.15, -0.1) is 0 Å². The minimum Gasteiger partial charge on any atom is -0.457 e. The van der Waals surface area contributed by atoms with Gasteiger partial charge in [0.25, 0.3) is 11.8 Å². The molecule has 6 nitrogen and oxygen atoms in total. The van der Waals surface area contributed by atoms with Crippen molar-refractivity contribution in [3.8, 4) is 11.3 Å². The highest BCUT2D eigenvalue weighted by Crippen LogP contribution is 2.23. The molecule has 2 N–H and O–H groups in total. The first kappa shape index (κ1) is 21.6. The van der Waals surface area contributed by atoms with Crippen LogP contribution in [0.1, 0.15) is 34.5 Å². The molecule has 1 atom stereocenters. The van der Waals surface area contributed by atoms with E-state index in [4.69, 9.17) is 9.15 Å². The molecule has 6 heteroatoms. The van der Waals surface area contributed by atoms with Crippen LogP contribution in [0, 0.1) is 6.92 Å². The lowest BCUT2D eigenvalue weighted by atomic mass is 10.1. The largest absolute Gasteiger partial charge is 0.457 e. The average molecular weight is 431 g/mol. The van der Waals surface area contributed by atoms with Crippen LogP contribution < -0.4 is 10.6 Å². The fourth-order valence-corrected chi connectivity index (χ4v) is 3.50. The van der Waals surface area contributed by atoms with Gasteiger partial charge in [-0.2, -0.15) is 0 Å². The van der Waals surface area contributed by atoms with Crippen LogP contribution in [0.5, 0.6) is 0 Å². The SMILES string of the molecule is Cc1ccc(-c2ccc(/C=C(\NC(=O)c3ccccc3)C(=O)NC[C@@H]3CCCO3)o2)cc1. The van der Waals surface area contributed by atoms with E-state index < -0.39 is 5.91 Å². The van der Waals surface area contributed by atoms with E-state index in [1.807, 2.05) is 43.3 Å². The number of nitrogens with one attached hydrogen (secondary N) is 2. The van der Waals surface area contributed by atoms with Crippen molar-refractivity contribution in [3.05, 3.63) is 89.3 Å². The Morgan fingerprint density at radius 2 is 1.81 bits per heavy atom. The van der Waals surface area contributed by atoms with Crippen LogP contribution in [0.15, 0.2) is 76.8 Å². The second kappa shape index (κ2) is 10.1. The van der Waals surface area contributed by atoms with Gasteiger partial charge in [0.15, 0.2) is 0 Å². The van der Waals surface area contributed by atoms with Crippen molar-refractivity contribution >= 4 is 17.9 Å². The Kier molecular flexibility index (Phi) is 6.82. The molecule has 2 amide bonds. The normalized spacial score (nSPS) is 16.0. The first-order valence-corrected chi connectivity index (χ1v) is 10.7. The fourth-order valence-electron chi connectivity index (χ4n) is 3.50. The number of ether oxygens (including phenoxy) is 1. The second-order valence-corrected chi connectivity index (χ2v) is 7.79. The molecule has 2 aromatic carbocycles. The number of rotatable bonds is 7. The van der Waals surface area contributed by atoms with Gasteiger partial charge < -0.3 is 19.8 Å². The highest BCUT2D eigenvalue weighted by atomic mass is 16.5. The van der Waals surface area contributed by atoms with Gasteiger partial charge in [-0.1, -0.05) is 48.0 Å². The number of hydrogen-bond donors (Lipinski definition) is 2. The Bertz CT molecular complexity index is 1090. The highest BCUT2D eigenvalue weighted by Gasteiger charge is 2.19. The fraction of sp³-hybridized carbons (Fsp3) is 0.231. The van der Waals surface area contributed by atoms with E-state index in [0.29, 0.717) is 30.2 Å². The first-order chi connectivity index (χ1) is 15.6. The van der Waals surface area contributed by atoms with Crippen LogP contribution in [0.3, 0.4) is 0 Å². The Hall–Kier alpha value is -3.64. The van der Waals surface area contributed by atoms with Crippen LogP contribution in [-0.2, 0) is 9.53 Å². The third-order valence-electron chi connectivity index (χ3n) is 5.29. The molecule has 0 bridgehead atoms. The molecule has 32 heavy (non-hydrogen) atoms. The van der Waals surface area contributed by atoms with E-state index >= 15 is 0 Å². The van der Waals surface area contributed by atoms with E-state index in [0.717, 1.165) is 24.0 Å². The van der Waals surface area contributed by atoms with Gasteiger partial charge in [0.05, 0.1) is 6.10 Å². The van der Waals surface area contributed by atoms with E-state index in [1.165, 1.54) is 0 Å². The molecule has 2 heterocycles. The number of benzene rings is 2. The van der Waals surface area contributed by atoms with Gasteiger partial charge >= 0.3 is 0 Å². The third-order valence-corrected chi connectivity index (χ3v) is 5.29. The summed E-state index contributed by atoms with van der Waals surface area (Å²) < 4.78 is 11.5. The summed E-state index contributed by atoms with van der Waals surface area (Å²) in [6, 6.07) is 20.4. The van der Waals surface area contributed by atoms with Crippen molar-refractivity contribution in [2.24, 2.45) is 0 Å². The molecule has 1 aliphatic heterocycles. The number of carbonyl (C=O) groups excluding carboxylic acids is 2. The Morgan fingerprint density at radius 1 is 1.03 bits per heavy atom. The molecule has 0 saturated carbocycles. The maximum atomic E-state index is 12.9. The summed E-state index contributed by atoms with van der Waals surface area (Å²) in [4.78, 5) is 25.6. The summed E-state index contributed by atoms with van der Waals surface area (Å²) >= 11 is 0. The Labute approximate surface area is 187 Å². The third kappa shape index (κ3) is 5.53. The topological polar surface area (TPSA) is 80.6 Å². The molecular weight excluding hydrogens is 404 g/mol. The van der Waals surface area contributed by atoms with Crippen LogP contribution >= 0.6 is 0 Å². The number of amides is 2. The van der Waals surface area contributed by atoms with Crippen molar-refractivity contribution < 1.29 is 18.7 Å². The van der Waals surface area contributed by atoms with E-state index in [2.05, 4.69) is 10.6 Å². The van der Waals surface area contributed by atoms with Crippen molar-refractivity contribution in [1.29, 1.82) is 0 Å². The van der Waals surface area contributed by atoms with Gasteiger partial charge in [-0.25, -0.2) is 0 Å². The van der Waals surface area contributed by atoms with Crippen molar-refractivity contribution in [3.63, 3.8) is 0 Å². The first-order valence-electron chi connectivity index (χ1n) is 10.7. The van der Waals surface area contributed by atoms with Crippen molar-refractivity contribution in [2.45, 2.75) is 25.9 Å². The molecule has 0 aliphatic carbocycles. The highest BCUT2D eigenvalue weighted by molar-refractivity contribution is 6.05. The lowest BCUT2D eigenvalue weighted by Crippen LogP contribution is -2.38. The van der Waals surface area contributed by atoms with Gasteiger partial charge in [-0.05, 0) is 44.0 Å². The zero-order valence-corrected chi connectivity index (χ0v) is 18.0. The summed E-state index contributed by atoms with van der Waals surface area (Å²) in [5.41, 5.74) is 2.67. The summed E-state index contributed by atoms with van der Waals surface area (Å²) in [5, 5.41) is 5.58. The minimum absolute atomic E-state index is 0.00165. The Morgan fingerprint density at radius 3 is 2.53 bits per heavy atom. The summed E-state index contributed by atoms with van der Waals surface area (Å²) in [7, 11) is 0. The number of carbonyl (C=O) groups is 2. The second-order valence-electron chi connectivity index (χ2n) is 7.79. The van der Waals surface area contributed by atoms with Gasteiger partial charge in [0.2, 0.25) is 0 Å². The molecule has 1 fully saturated rings. The summed E-state index contributed by atoms with van der Waals surface area (Å²) in [5.74, 6) is 0.397. The molecule has 1 aromatic heterocycles. The quantitative estimate of drug-likeness (QED) is 0.547. The van der Waals surface area contributed by atoms with E-state index in [-0.39, 0.29) is 17.7 Å². The monoisotopic (exact) mass is 430 g/mol. The predicted molar refractivity (Wildman–Crippen MR) is 123 cm³/mol. The van der Waals surface area contributed by atoms with Gasteiger partial charge in [0.1, 0.15) is 17.2 Å². The van der Waals surface area contributed by atoms with Crippen LogP contribution in [0.25, 0.3) is 17.4 Å². The Balaban J connectivity index is 1.54. The summed E-state index contributed by atoms with van der Waals surface area (Å²) in [6.45, 7) is 3.13. The van der Waals surface area contributed by atoms with E-state index in [9.17, 15) is 9.59 Å². The molecule has 3 aromatic rings. The molecule has 164 valence electrons. The predicted octanol–water partition coefficient (Wildman–Crippen LogP) is 4.32. The number of hydrogen-bond acceptors (Lipinski definition) is 4. The lowest BCUT2D eigenvalue weighted by Gasteiger charge is -2.13. The van der Waals surface area contributed by atoms with Crippen molar-refractivity contribution in [2.75, 3.05) is 13.2 Å². The lowest BCUT2D eigenvalue weighted by molar-refractivity contribution is -0.118. The molecule has 1 aliphatic rings. The molecule has 0 spiro atoms. The number of aryl methyl sites for hydroxylation is 1. The number of furan rings is 1. The smallest absolute Gasteiger partial charge is 0.268 e. The van der Waals surface area contributed by atoms with Crippen LogP contribution in [0.2, 0.25) is 0 Å². The molecule has 4 rings (SSSR count). The van der Waals surface area contributed by atoms with Crippen LogP contribution in [0.4, 0.5) is 0 Å². The molecule has 0 unspecified atom stereocenters. The minimum atomic E-state index is -0.391. The van der Waals surface area contributed by atoms with E-state index in [1.54, 1.807) is 36.4 Å². The van der Waals surface area contributed by atoms with Crippen LogP contribution in [-0.4, -0.2) is 31.1 Å². The molecule has 1 saturated heterocycles. The van der Waals surface area contributed by atoms with Gasteiger partial charge in [-0.3, -0.25) is 9.59 Å². The maximum absolute atomic E-state index is 12.9. The van der Waals surface area contributed by atoms with Crippen molar-refractivity contribution in [1.82, 2.24) is 10.6 Å².